The molecule has 1 atom stereocenters. The van der Waals surface area contributed by atoms with Crippen LogP contribution in [-0.2, 0) is 6.42 Å². The summed E-state index contributed by atoms with van der Waals surface area (Å²) in [6, 6.07) is 22.3. The summed E-state index contributed by atoms with van der Waals surface area (Å²) in [6.45, 7) is 9.86. The van der Waals surface area contributed by atoms with E-state index in [1.165, 1.54) is 11.1 Å². The fraction of sp³-hybridized carbons (Fsp3) is 0.429. The maximum absolute atomic E-state index is 3.85. The third-order valence-electron chi connectivity index (χ3n) is 4.00. The molecule has 132 valence electrons. The maximum Gasteiger partial charge on any atom is 0.0365 e. The van der Waals surface area contributed by atoms with Gasteiger partial charge in [-0.3, -0.25) is 0 Å². The molecule has 3 heteroatoms. The van der Waals surface area contributed by atoms with Crippen LogP contribution in [0, 0.1) is 0 Å². The van der Waals surface area contributed by atoms with Crippen molar-refractivity contribution in [3.63, 3.8) is 0 Å². The third-order valence-corrected chi connectivity index (χ3v) is 4.00. The van der Waals surface area contributed by atoms with Crippen LogP contribution in [0.1, 0.15) is 44.9 Å². The fourth-order valence-electron chi connectivity index (χ4n) is 2.77. The van der Waals surface area contributed by atoms with Gasteiger partial charge in [0.2, 0.25) is 0 Å². The number of hydrogen-bond acceptors (Lipinski definition) is 2. The van der Waals surface area contributed by atoms with Crippen LogP contribution in [0.4, 0.5) is 0 Å². The van der Waals surface area contributed by atoms with E-state index in [9.17, 15) is 0 Å². The zero-order valence-electron chi connectivity index (χ0n) is 15.3. The topological polar surface area (TPSA) is 24.1 Å². The summed E-state index contributed by atoms with van der Waals surface area (Å²) in [5.74, 6) is 0. The third kappa shape index (κ3) is 7.04. The van der Waals surface area contributed by atoms with Gasteiger partial charge in [-0.25, -0.2) is 0 Å². The standard InChI is InChI=1S/C21H30N2.ClH/c1-17(2)22-16-21(3,4)23-20(19-13-9-6-10-14-19)15-18-11-7-5-8-12-18;/h5-14,17,20,22-23H,15-16H2,1-4H3;1H. The van der Waals surface area contributed by atoms with Crippen LogP contribution in [0.5, 0.6) is 0 Å². The van der Waals surface area contributed by atoms with E-state index in [1.54, 1.807) is 0 Å². The van der Waals surface area contributed by atoms with E-state index in [0.717, 1.165) is 13.0 Å². The lowest BCUT2D eigenvalue weighted by atomic mass is 9.95. The van der Waals surface area contributed by atoms with E-state index in [4.69, 9.17) is 0 Å². The van der Waals surface area contributed by atoms with Gasteiger partial charge in [0, 0.05) is 24.2 Å². The molecule has 0 aromatic heterocycles. The van der Waals surface area contributed by atoms with Gasteiger partial charge >= 0.3 is 0 Å². The highest BCUT2D eigenvalue weighted by molar-refractivity contribution is 5.85. The molecule has 0 saturated heterocycles. The molecule has 2 nitrogen and oxygen atoms in total. The molecular formula is C21H31ClN2. The number of halogens is 1. The molecule has 0 saturated carbocycles. The molecule has 0 radical (unpaired) electrons. The molecular weight excluding hydrogens is 316 g/mol. The van der Waals surface area contributed by atoms with Crippen molar-refractivity contribution in [2.75, 3.05) is 6.54 Å². The quantitative estimate of drug-likeness (QED) is 0.720. The Labute approximate surface area is 153 Å². The Hall–Kier alpha value is -1.35. The van der Waals surface area contributed by atoms with E-state index in [0.29, 0.717) is 12.1 Å². The molecule has 2 rings (SSSR count). The molecule has 0 spiro atoms. The molecule has 0 bridgehead atoms. The van der Waals surface area contributed by atoms with Gasteiger partial charge in [-0.15, -0.1) is 12.4 Å². The summed E-state index contributed by atoms with van der Waals surface area (Å²) >= 11 is 0. The minimum Gasteiger partial charge on any atom is -0.313 e. The average Bonchev–Trinajstić information content (AvgIpc) is 2.54. The summed E-state index contributed by atoms with van der Waals surface area (Å²) in [4.78, 5) is 0. The summed E-state index contributed by atoms with van der Waals surface area (Å²) in [6.07, 6.45) is 0.996. The fourth-order valence-corrected chi connectivity index (χ4v) is 2.77. The van der Waals surface area contributed by atoms with Gasteiger partial charge in [-0.05, 0) is 31.4 Å². The monoisotopic (exact) mass is 346 g/mol. The molecule has 0 amide bonds. The number of benzene rings is 2. The van der Waals surface area contributed by atoms with E-state index < -0.39 is 0 Å². The van der Waals surface area contributed by atoms with E-state index in [-0.39, 0.29) is 17.9 Å². The molecule has 1 unspecified atom stereocenters. The molecule has 0 fully saturated rings. The van der Waals surface area contributed by atoms with Gasteiger partial charge in [-0.1, -0.05) is 74.5 Å². The molecule has 0 aliphatic rings. The van der Waals surface area contributed by atoms with Crippen molar-refractivity contribution in [2.45, 2.75) is 51.7 Å². The molecule has 0 heterocycles. The first-order chi connectivity index (χ1) is 11.0. The van der Waals surface area contributed by atoms with Crippen molar-refractivity contribution < 1.29 is 0 Å². The van der Waals surface area contributed by atoms with Crippen LogP contribution >= 0.6 is 12.4 Å². The smallest absolute Gasteiger partial charge is 0.0365 e. The van der Waals surface area contributed by atoms with Gasteiger partial charge < -0.3 is 10.6 Å². The number of hydrogen-bond donors (Lipinski definition) is 2. The van der Waals surface area contributed by atoms with E-state index >= 15 is 0 Å². The van der Waals surface area contributed by atoms with E-state index in [2.05, 4.69) is 99.0 Å². The highest BCUT2D eigenvalue weighted by Crippen LogP contribution is 2.21. The van der Waals surface area contributed by atoms with Gasteiger partial charge in [0.05, 0.1) is 0 Å². The number of rotatable bonds is 8. The highest BCUT2D eigenvalue weighted by Gasteiger charge is 2.23. The second-order valence-electron chi connectivity index (χ2n) is 7.22. The van der Waals surface area contributed by atoms with Crippen molar-refractivity contribution in [1.82, 2.24) is 10.6 Å². The van der Waals surface area contributed by atoms with Crippen molar-refractivity contribution in [3.8, 4) is 0 Å². The lowest BCUT2D eigenvalue weighted by Gasteiger charge is -2.33. The normalized spacial score (nSPS) is 12.7. The van der Waals surface area contributed by atoms with Gasteiger partial charge in [-0.2, -0.15) is 0 Å². The molecule has 2 aromatic carbocycles. The van der Waals surface area contributed by atoms with Gasteiger partial charge in [0.15, 0.2) is 0 Å². The first-order valence-corrected chi connectivity index (χ1v) is 8.56. The van der Waals surface area contributed by atoms with Crippen LogP contribution in [0.3, 0.4) is 0 Å². The lowest BCUT2D eigenvalue weighted by molar-refractivity contribution is 0.311. The first-order valence-electron chi connectivity index (χ1n) is 8.56. The van der Waals surface area contributed by atoms with Gasteiger partial charge in [0.25, 0.3) is 0 Å². The van der Waals surface area contributed by atoms with Crippen LogP contribution in [0.25, 0.3) is 0 Å². The van der Waals surface area contributed by atoms with Crippen molar-refractivity contribution >= 4 is 12.4 Å². The zero-order valence-corrected chi connectivity index (χ0v) is 16.1. The Kier molecular flexibility index (Phi) is 8.47. The predicted molar refractivity (Wildman–Crippen MR) is 107 cm³/mol. The minimum absolute atomic E-state index is 0. The van der Waals surface area contributed by atoms with Crippen LogP contribution < -0.4 is 10.6 Å². The Bertz CT molecular complexity index is 567. The number of nitrogens with one attached hydrogen (secondary N) is 2. The highest BCUT2D eigenvalue weighted by atomic mass is 35.5. The zero-order chi connectivity index (χ0) is 16.7. The Morgan fingerprint density at radius 1 is 0.875 bits per heavy atom. The average molecular weight is 347 g/mol. The molecule has 0 aliphatic heterocycles. The van der Waals surface area contributed by atoms with Crippen LogP contribution in [-0.4, -0.2) is 18.1 Å². The summed E-state index contributed by atoms with van der Waals surface area (Å²) in [5, 5.41) is 7.39. The summed E-state index contributed by atoms with van der Waals surface area (Å²) in [5.41, 5.74) is 2.73. The summed E-state index contributed by atoms with van der Waals surface area (Å²) in [7, 11) is 0. The Morgan fingerprint density at radius 3 is 1.96 bits per heavy atom. The Morgan fingerprint density at radius 2 is 1.42 bits per heavy atom. The lowest BCUT2D eigenvalue weighted by Crippen LogP contribution is -2.50. The first kappa shape index (κ1) is 20.7. The van der Waals surface area contributed by atoms with Crippen LogP contribution in [0.15, 0.2) is 60.7 Å². The van der Waals surface area contributed by atoms with Crippen LogP contribution in [0.2, 0.25) is 0 Å². The molecule has 24 heavy (non-hydrogen) atoms. The SMILES string of the molecule is CC(C)NCC(C)(C)NC(Cc1ccccc1)c1ccccc1.Cl. The van der Waals surface area contributed by atoms with E-state index in [1.807, 2.05) is 0 Å². The minimum atomic E-state index is 0. The molecule has 2 aromatic rings. The molecule has 2 N–H and O–H groups in total. The van der Waals surface area contributed by atoms with Crippen molar-refractivity contribution in [1.29, 1.82) is 0 Å². The molecule has 0 aliphatic carbocycles. The summed E-state index contributed by atoms with van der Waals surface area (Å²) < 4.78 is 0. The van der Waals surface area contributed by atoms with Gasteiger partial charge in [0.1, 0.15) is 0 Å². The van der Waals surface area contributed by atoms with Crippen molar-refractivity contribution in [2.24, 2.45) is 0 Å². The second-order valence-corrected chi connectivity index (χ2v) is 7.22. The second kappa shape index (κ2) is 9.83. The largest absolute Gasteiger partial charge is 0.313 e. The maximum atomic E-state index is 3.85. The van der Waals surface area contributed by atoms with Crippen molar-refractivity contribution in [3.05, 3.63) is 71.8 Å². The predicted octanol–water partition coefficient (Wildman–Crippen LogP) is 4.76. The Balaban J connectivity index is 0.00000288.